The van der Waals surface area contributed by atoms with Gasteiger partial charge in [-0.3, -0.25) is 4.57 Å². The van der Waals surface area contributed by atoms with Crippen LogP contribution in [0.1, 0.15) is 38.2 Å². The first kappa shape index (κ1) is 19.8. The van der Waals surface area contributed by atoms with Crippen molar-refractivity contribution in [2.45, 2.75) is 32.6 Å². The van der Waals surface area contributed by atoms with E-state index in [0.29, 0.717) is 27.7 Å². The molecule has 0 N–H and O–H groups in total. The van der Waals surface area contributed by atoms with Crippen molar-refractivity contribution in [3.8, 4) is 11.8 Å². The first-order valence-electron chi connectivity index (χ1n) is 9.16. The molecule has 0 bridgehead atoms. The summed E-state index contributed by atoms with van der Waals surface area (Å²) < 4.78 is 8.02. The minimum absolute atomic E-state index is 0.455. The smallest absolute Gasteiger partial charge is 0.302 e. The zero-order chi connectivity index (χ0) is 19.7. The number of halogens is 2. The maximum Gasteiger partial charge on any atom is 0.302 e. The molecule has 0 saturated carbocycles. The van der Waals surface area contributed by atoms with Gasteiger partial charge in [0.25, 0.3) is 0 Å². The van der Waals surface area contributed by atoms with Crippen molar-refractivity contribution in [1.82, 2.24) is 9.55 Å². The summed E-state index contributed by atoms with van der Waals surface area (Å²) in [5.41, 5.74) is 4.04. The first-order valence-corrected chi connectivity index (χ1v) is 9.92. The van der Waals surface area contributed by atoms with Gasteiger partial charge in [-0.25, -0.2) is 0 Å². The quantitative estimate of drug-likeness (QED) is 0.460. The van der Waals surface area contributed by atoms with Crippen LogP contribution in [0.4, 0.5) is 5.69 Å². The Morgan fingerprint density at radius 2 is 1.78 bits per heavy atom. The van der Waals surface area contributed by atoms with E-state index in [1.54, 1.807) is 0 Å². The number of hydrogen-bond acceptors (Lipinski definition) is 3. The molecule has 4 nitrogen and oxygen atoms in total. The molecule has 27 heavy (non-hydrogen) atoms. The fraction of sp³-hybridized carbons (Fsp3) is 0.381. The SMILES string of the molecule is CCC(CC)c1ccc(Cl)c2nc(Oc3ccc(N(C)C)cc3Cl)n(C)c12. The maximum absolute atomic E-state index is 6.43. The number of aryl methyl sites for hydroxylation is 1. The molecule has 1 aromatic heterocycles. The van der Waals surface area contributed by atoms with Gasteiger partial charge in [0.05, 0.1) is 15.6 Å². The van der Waals surface area contributed by atoms with Gasteiger partial charge in [-0.05, 0) is 48.6 Å². The van der Waals surface area contributed by atoms with Crippen molar-refractivity contribution in [1.29, 1.82) is 0 Å². The summed E-state index contributed by atoms with van der Waals surface area (Å²) in [4.78, 5) is 6.65. The summed E-state index contributed by atoms with van der Waals surface area (Å²) in [6.45, 7) is 4.41. The number of benzene rings is 2. The number of rotatable bonds is 6. The highest BCUT2D eigenvalue weighted by Gasteiger charge is 2.20. The number of hydrogen-bond donors (Lipinski definition) is 0. The van der Waals surface area contributed by atoms with Crippen LogP contribution in [0.3, 0.4) is 0 Å². The predicted octanol–water partition coefficient (Wildman–Crippen LogP) is 6.64. The normalized spacial score (nSPS) is 11.4. The minimum Gasteiger partial charge on any atom is -0.424 e. The van der Waals surface area contributed by atoms with E-state index in [1.165, 1.54) is 5.56 Å². The third-order valence-corrected chi connectivity index (χ3v) is 5.62. The maximum atomic E-state index is 6.43. The molecule has 0 aliphatic rings. The van der Waals surface area contributed by atoms with Crippen LogP contribution in [-0.4, -0.2) is 23.6 Å². The number of nitrogens with zero attached hydrogens (tertiary/aromatic N) is 3. The average Bonchev–Trinajstić information content (AvgIpc) is 2.97. The molecular weight excluding hydrogens is 381 g/mol. The summed E-state index contributed by atoms with van der Waals surface area (Å²) in [7, 11) is 5.90. The molecule has 3 rings (SSSR count). The lowest BCUT2D eigenvalue weighted by Crippen LogP contribution is -2.08. The van der Waals surface area contributed by atoms with E-state index in [1.807, 2.05) is 54.9 Å². The molecule has 0 saturated heterocycles. The second kappa shape index (κ2) is 7.99. The predicted molar refractivity (Wildman–Crippen MR) is 115 cm³/mol. The van der Waals surface area contributed by atoms with Crippen LogP contribution in [0, 0.1) is 0 Å². The minimum atomic E-state index is 0.455. The molecule has 0 radical (unpaired) electrons. The molecule has 2 aromatic carbocycles. The van der Waals surface area contributed by atoms with Crippen LogP contribution in [0.5, 0.6) is 11.8 Å². The van der Waals surface area contributed by atoms with Crippen LogP contribution in [-0.2, 0) is 7.05 Å². The van der Waals surface area contributed by atoms with E-state index in [4.69, 9.17) is 27.9 Å². The first-order chi connectivity index (χ1) is 12.9. The van der Waals surface area contributed by atoms with Crippen LogP contribution in [0.15, 0.2) is 30.3 Å². The third kappa shape index (κ3) is 3.74. The summed E-state index contributed by atoms with van der Waals surface area (Å²) in [5.74, 6) is 1.02. The Balaban J connectivity index is 2.07. The van der Waals surface area contributed by atoms with Crippen molar-refractivity contribution in [2.24, 2.45) is 7.05 Å². The molecule has 0 spiro atoms. The van der Waals surface area contributed by atoms with E-state index in [-0.39, 0.29) is 0 Å². The van der Waals surface area contributed by atoms with Crippen molar-refractivity contribution in [2.75, 3.05) is 19.0 Å². The molecule has 1 heterocycles. The van der Waals surface area contributed by atoms with E-state index >= 15 is 0 Å². The zero-order valence-corrected chi connectivity index (χ0v) is 17.9. The van der Waals surface area contributed by atoms with E-state index in [2.05, 4.69) is 24.9 Å². The van der Waals surface area contributed by atoms with Crippen LogP contribution >= 0.6 is 23.2 Å². The zero-order valence-electron chi connectivity index (χ0n) is 16.4. The van der Waals surface area contributed by atoms with Gasteiger partial charge in [-0.2, -0.15) is 4.98 Å². The average molecular weight is 406 g/mol. The molecule has 0 atom stereocenters. The Kier molecular flexibility index (Phi) is 5.87. The number of ether oxygens (including phenoxy) is 1. The van der Waals surface area contributed by atoms with Gasteiger partial charge in [0.15, 0.2) is 0 Å². The van der Waals surface area contributed by atoms with Gasteiger partial charge < -0.3 is 9.64 Å². The summed E-state index contributed by atoms with van der Waals surface area (Å²) in [6, 6.07) is 10.2. The monoisotopic (exact) mass is 405 g/mol. The number of fused-ring (bicyclic) bond motifs is 1. The van der Waals surface area contributed by atoms with Crippen molar-refractivity contribution >= 4 is 39.9 Å². The van der Waals surface area contributed by atoms with Crippen LogP contribution in [0.25, 0.3) is 11.0 Å². The highest BCUT2D eigenvalue weighted by atomic mass is 35.5. The fourth-order valence-electron chi connectivity index (χ4n) is 3.39. The largest absolute Gasteiger partial charge is 0.424 e. The van der Waals surface area contributed by atoms with Gasteiger partial charge in [-0.15, -0.1) is 0 Å². The topological polar surface area (TPSA) is 30.3 Å². The van der Waals surface area contributed by atoms with Gasteiger partial charge >= 0.3 is 6.01 Å². The molecule has 0 aliphatic carbocycles. The van der Waals surface area contributed by atoms with Crippen LogP contribution in [0.2, 0.25) is 10.0 Å². The highest BCUT2D eigenvalue weighted by molar-refractivity contribution is 6.35. The molecule has 3 aromatic rings. The van der Waals surface area contributed by atoms with Crippen molar-refractivity contribution < 1.29 is 4.74 Å². The number of imidazole rings is 1. The number of aromatic nitrogens is 2. The molecular formula is C21H25Cl2N3O. The standard InChI is InChI=1S/C21H25Cl2N3O/c1-6-13(7-2)15-9-10-16(22)19-20(15)26(5)21(24-19)27-18-11-8-14(25(3)4)12-17(18)23/h8-13H,6-7H2,1-5H3. The van der Waals surface area contributed by atoms with Gasteiger partial charge in [0, 0.05) is 26.8 Å². The van der Waals surface area contributed by atoms with E-state index < -0.39 is 0 Å². The molecule has 0 amide bonds. The third-order valence-electron chi connectivity index (χ3n) is 5.02. The molecule has 0 aliphatic heterocycles. The lowest BCUT2D eigenvalue weighted by atomic mass is 9.93. The van der Waals surface area contributed by atoms with Crippen molar-refractivity contribution in [3.05, 3.63) is 45.9 Å². The molecule has 6 heteroatoms. The Morgan fingerprint density at radius 3 is 2.37 bits per heavy atom. The molecule has 144 valence electrons. The summed E-state index contributed by atoms with van der Waals surface area (Å²) in [6.07, 6.45) is 2.12. The lowest BCUT2D eigenvalue weighted by Gasteiger charge is -2.16. The van der Waals surface area contributed by atoms with Gasteiger partial charge in [0.1, 0.15) is 11.3 Å². The summed E-state index contributed by atoms with van der Waals surface area (Å²) in [5, 5.41) is 1.17. The van der Waals surface area contributed by atoms with E-state index in [0.717, 1.165) is 29.6 Å². The molecule has 0 unspecified atom stereocenters. The second-order valence-electron chi connectivity index (χ2n) is 6.91. The van der Waals surface area contributed by atoms with Crippen LogP contribution < -0.4 is 9.64 Å². The second-order valence-corrected chi connectivity index (χ2v) is 7.73. The Hall–Kier alpha value is -1.91. The van der Waals surface area contributed by atoms with Gasteiger partial charge in [0.2, 0.25) is 0 Å². The Morgan fingerprint density at radius 1 is 1.07 bits per heavy atom. The van der Waals surface area contributed by atoms with Gasteiger partial charge in [-0.1, -0.05) is 43.1 Å². The van der Waals surface area contributed by atoms with E-state index in [9.17, 15) is 0 Å². The highest BCUT2D eigenvalue weighted by Crippen LogP contribution is 2.38. The summed E-state index contributed by atoms with van der Waals surface area (Å²) >= 11 is 12.8. The van der Waals surface area contributed by atoms with Crippen molar-refractivity contribution in [3.63, 3.8) is 0 Å². The Labute approximate surface area is 170 Å². The lowest BCUT2D eigenvalue weighted by molar-refractivity contribution is 0.428. The number of anilines is 1. The Bertz CT molecular complexity index is 962. The molecule has 0 fully saturated rings. The fourth-order valence-corrected chi connectivity index (χ4v) is 3.80.